The predicted octanol–water partition coefficient (Wildman–Crippen LogP) is 3.56. The molecule has 2 aromatic rings. The third-order valence-corrected chi connectivity index (χ3v) is 2.82. The van der Waals surface area contributed by atoms with Crippen LogP contribution in [0.3, 0.4) is 0 Å². The van der Waals surface area contributed by atoms with Crippen molar-refractivity contribution < 1.29 is 18.3 Å². The quantitative estimate of drug-likeness (QED) is 0.696. The number of esters is 1. The summed E-state index contributed by atoms with van der Waals surface area (Å²) in [7, 11) is 0. The van der Waals surface area contributed by atoms with Crippen molar-refractivity contribution in [2.75, 3.05) is 5.73 Å². The molecule has 0 unspecified atom stereocenters. The van der Waals surface area contributed by atoms with Crippen LogP contribution in [0.1, 0.15) is 15.9 Å². The molecular formula is C14H10ClF2NO2. The lowest BCUT2D eigenvalue weighted by molar-refractivity contribution is 0.0472. The molecule has 2 aromatic carbocycles. The molecule has 0 amide bonds. The second-order valence-electron chi connectivity index (χ2n) is 4.09. The molecule has 0 radical (unpaired) electrons. The van der Waals surface area contributed by atoms with Gasteiger partial charge >= 0.3 is 5.97 Å². The van der Waals surface area contributed by atoms with Crippen LogP contribution in [0.2, 0.25) is 5.02 Å². The molecule has 0 aliphatic heterocycles. The number of carbonyl (C=O) groups is 1. The Hall–Kier alpha value is -2.14. The molecule has 0 heterocycles. The van der Waals surface area contributed by atoms with Crippen LogP contribution in [0, 0.1) is 11.6 Å². The first-order chi connectivity index (χ1) is 9.45. The van der Waals surface area contributed by atoms with Gasteiger partial charge in [-0.15, -0.1) is 0 Å². The average Bonchev–Trinajstić information content (AvgIpc) is 2.35. The minimum atomic E-state index is -0.735. The highest BCUT2D eigenvalue weighted by Crippen LogP contribution is 2.20. The van der Waals surface area contributed by atoms with Gasteiger partial charge in [0.25, 0.3) is 0 Å². The van der Waals surface area contributed by atoms with E-state index in [0.29, 0.717) is 5.69 Å². The lowest BCUT2D eigenvalue weighted by atomic mass is 10.2. The van der Waals surface area contributed by atoms with Gasteiger partial charge in [-0.1, -0.05) is 11.6 Å². The zero-order chi connectivity index (χ0) is 14.7. The van der Waals surface area contributed by atoms with E-state index in [1.807, 2.05) is 0 Å². The fraction of sp³-hybridized carbons (Fsp3) is 0.0714. The summed E-state index contributed by atoms with van der Waals surface area (Å²) in [5.74, 6) is -2.16. The summed E-state index contributed by atoms with van der Waals surface area (Å²) >= 11 is 5.86. The lowest BCUT2D eigenvalue weighted by Crippen LogP contribution is -2.06. The summed E-state index contributed by atoms with van der Waals surface area (Å²) in [4.78, 5) is 11.8. The zero-order valence-corrected chi connectivity index (χ0v) is 11.0. The van der Waals surface area contributed by atoms with E-state index in [0.717, 1.165) is 18.2 Å². The maximum absolute atomic E-state index is 13.0. The van der Waals surface area contributed by atoms with Gasteiger partial charge in [0.05, 0.1) is 10.6 Å². The first kappa shape index (κ1) is 14.3. The second-order valence-corrected chi connectivity index (χ2v) is 4.50. The maximum atomic E-state index is 13.0. The minimum absolute atomic E-state index is 0.137. The normalized spacial score (nSPS) is 10.3. The average molecular weight is 298 g/mol. The van der Waals surface area contributed by atoms with E-state index in [-0.39, 0.29) is 22.8 Å². The van der Waals surface area contributed by atoms with Crippen molar-refractivity contribution >= 4 is 23.3 Å². The number of anilines is 1. The Bertz CT molecular complexity index is 641. The van der Waals surface area contributed by atoms with E-state index < -0.39 is 17.6 Å². The highest BCUT2D eigenvalue weighted by atomic mass is 35.5. The molecule has 0 fully saturated rings. The second kappa shape index (κ2) is 5.88. The molecule has 3 nitrogen and oxygen atoms in total. The molecular weight excluding hydrogens is 288 g/mol. The monoisotopic (exact) mass is 297 g/mol. The molecule has 0 saturated carbocycles. The highest BCUT2D eigenvalue weighted by molar-refractivity contribution is 6.33. The van der Waals surface area contributed by atoms with Crippen molar-refractivity contribution in [3.63, 3.8) is 0 Å². The number of benzene rings is 2. The molecule has 0 atom stereocenters. The van der Waals surface area contributed by atoms with Gasteiger partial charge in [-0.2, -0.15) is 0 Å². The Balaban J connectivity index is 2.08. The van der Waals surface area contributed by atoms with E-state index >= 15 is 0 Å². The van der Waals surface area contributed by atoms with Crippen molar-refractivity contribution in [2.24, 2.45) is 0 Å². The number of halogens is 3. The highest BCUT2D eigenvalue weighted by Gasteiger charge is 2.12. The van der Waals surface area contributed by atoms with Gasteiger partial charge in [0, 0.05) is 11.8 Å². The van der Waals surface area contributed by atoms with E-state index in [1.54, 1.807) is 0 Å². The number of hydrogen-bond acceptors (Lipinski definition) is 3. The Morgan fingerprint density at radius 2 is 1.80 bits per heavy atom. The number of rotatable bonds is 3. The lowest BCUT2D eigenvalue weighted by Gasteiger charge is -2.07. The van der Waals surface area contributed by atoms with Crippen molar-refractivity contribution in [3.05, 3.63) is 64.2 Å². The summed E-state index contributed by atoms with van der Waals surface area (Å²) in [6.07, 6.45) is 0. The fourth-order valence-electron chi connectivity index (χ4n) is 1.62. The molecule has 2 rings (SSSR count). The SMILES string of the molecule is Nc1ccc(C(=O)OCc2cc(F)cc(F)c2)c(Cl)c1. The third-order valence-electron chi connectivity index (χ3n) is 2.51. The van der Waals surface area contributed by atoms with Crippen molar-refractivity contribution in [2.45, 2.75) is 6.61 Å². The maximum Gasteiger partial charge on any atom is 0.339 e. The largest absolute Gasteiger partial charge is 0.457 e. The molecule has 104 valence electrons. The molecule has 6 heteroatoms. The molecule has 20 heavy (non-hydrogen) atoms. The van der Waals surface area contributed by atoms with Crippen LogP contribution in [0.15, 0.2) is 36.4 Å². The molecule has 0 saturated heterocycles. The van der Waals surface area contributed by atoms with Crippen molar-refractivity contribution in [3.8, 4) is 0 Å². The van der Waals surface area contributed by atoms with E-state index in [2.05, 4.69) is 0 Å². The Labute approximate surface area is 118 Å². The van der Waals surface area contributed by atoms with E-state index in [1.165, 1.54) is 18.2 Å². The number of carbonyl (C=O) groups excluding carboxylic acids is 1. The van der Waals surface area contributed by atoms with Crippen LogP contribution < -0.4 is 5.73 Å². The van der Waals surface area contributed by atoms with Gasteiger partial charge < -0.3 is 10.5 Å². The summed E-state index contributed by atoms with van der Waals surface area (Å²) < 4.78 is 30.9. The van der Waals surface area contributed by atoms with Crippen LogP contribution in [0.5, 0.6) is 0 Å². The van der Waals surface area contributed by atoms with Crippen LogP contribution in [-0.2, 0) is 11.3 Å². The van der Waals surface area contributed by atoms with Gasteiger partial charge in [-0.25, -0.2) is 13.6 Å². The Morgan fingerprint density at radius 3 is 2.40 bits per heavy atom. The first-order valence-electron chi connectivity index (χ1n) is 5.63. The van der Waals surface area contributed by atoms with E-state index in [4.69, 9.17) is 22.1 Å². The fourth-order valence-corrected chi connectivity index (χ4v) is 1.88. The topological polar surface area (TPSA) is 52.3 Å². The molecule has 2 N–H and O–H groups in total. The van der Waals surface area contributed by atoms with Crippen LogP contribution >= 0.6 is 11.6 Å². The summed E-state index contributed by atoms with van der Waals surface area (Å²) in [6, 6.07) is 7.25. The molecule has 0 bridgehead atoms. The standard InChI is InChI=1S/C14H10ClF2NO2/c15-13-6-11(18)1-2-12(13)14(19)20-7-8-3-9(16)5-10(17)4-8/h1-6H,7,18H2. The molecule has 0 aliphatic carbocycles. The van der Waals surface area contributed by atoms with Crippen molar-refractivity contribution in [1.29, 1.82) is 0 Å². The van der Waals surface area contributed by atoms with Gasteiger partial charge in [0.15, 0.2) is 0 Å². The summed E-state index contributed by atoms with van der Waals surface area (Å²) in [5, 5.41) is 0.153. The number of hydrogen-bond donors (Lipinski definition) is 1. The summed E-state index contributed by atoms with van der Waals surface area (Å²) in [6.45, 7) is -0.256. The summed E-state index contributed by atoms with van der Waals surface area (Å²) in [5.41, 5.74) is 6.27. The van der Waals surface area contributed by atoms with Crippen LogP contribution in [0.25, 0.3) is 0 Å². The minimum Gasteiger partial charge on any atom is -0.457 e. The van der Waals surface area contributed by atoms with Gasteiger partial charge in [0.1, 0.15) is 18.2 Å². The van der Waals surface area contributed by atoms with Gasteiger partial charge in [-0.3, -0.25) is 0 Å². The van der Waals surface area contributed by atoms with Gasteiger partial charge in [-0.05, 0) is 35.9 Å². The van der Waals surface area contributed by atoms with Crippen molar-refractivity contribution in [1.82, 2.24) is 0 Å². The molecule has 0 aromatic heterocycles. The van der Waals surface area contributed by atoms with Crippen LogP contribution in [0.4, 0.5) is 14.5 Å². The molecule has 0 aliphatic rings. The number of ether oxygens (including phenoxy) is 1. The first-order valence-corrected chi connectivity index (χ1v) is 6.00. The molecule has 0 spiro atoms. The third kappa shape index (κ3) is 3.45. The van der Waals surface area contributed by atoms with E-state index in [9.17, 15) is 13.6 Å². The predicted molar refractivity (Wildman–Crippen MR) is 71.3 cm³/mol. The smallest absolute Gasteiger partial charge is 0.339 e. The number of nitrogen functional groups attached to an aromatic ring is 1. The Morgan fingerprint density at radius 1 is 1.15 bits per heavy atom. The number of nitrogens with two attached hydrogens (primary N) is 1. The zero-order valence-electron chi connectivity index (χ0n) is 10.2. The van der Waals surface area contributed by atoms with Crippen LogP contribution in [-0.4, -0.2) is 5.97 Å². The van der Waals surface area contributed by atoms with Gasteiger partial charge in [0.2, 0.25) is 0 Å². The Kier molecular flexibility index (Phi) is 4.20.